The van der Waals surface area contributed by atoms with E-state index in [0.717, 1.165) is 37.7 Å². The van der Waals surface area contributed by atoms with Gasteiger partial charge in [-0.2, -0.15) is 26.3 Å². The van der Waals surface area contributed by atoms with Gasteiger partial charge in [-0.25, -0.2) is 0 Å². The second kappa shape index (κ2) is 6.35. The quantitative estimate of drug-likeness (QED) is 0.407. The van der Waals surface area contributed by atoms with E-state index in [1.54, 1.807) is 12.1 Å². The van der Waals surface area contributed by atoms with Gasteiger partial charge in [-0.3, -0.25) is 0 Å². The molecule has 0 heterocycles. The van der Waals surface area contributed by atoms with Gasteiger partial charge in [-0.05, 0) is 129 Å². The van der Waals surface area contributed by atoms with Crippen LogP contribution in [0.3, 0.4) is 0 Å². The van der Waals surface area contributed by atoms with Crippen LogP contribution in [-0.2, 0) is 5.41 Å². The molecule has 8 fully saturated rings. The first-order chi connectivity index (χ1) is 16.2. The molecule has 1 aromatic rings. The predicted molar refractivity (Wildman–Crippen MR) is 118 cm³/mol. The second-order valence-corrected chi connectivity index (χ2v) is 13.9. The van der Waals surface area contributed by atoms with Crippen molar-refractivity contribution in [2.75, 3.05) is 0 Å². The molecule has 1 aromatic carbocycles. The molecule has 0 spiro atoms. The zero-order valence-electron chi connectivity index (χ0n) is 19.7. The van der Waals surface area contributed by atoms with E-state index < -0.39 is 46.4 Å². The van der Waals surface area contributed by atoms with Crippen LogP contribution in [0.25, 0.3) is 0 Å². The molecule has 8 aliphatic rings. The van der Waals surface area contributed by atoms with E-state index in [2.05, 4.69) is 0 Å². The lowest BCUT2D eigenvalue weighted by Gasteiger charge is -2.75. The second-order valence-electron chi connectivity index (χ2n) is 13.9. The van der Waals surface area contributed by atoms with Crippen LogP contribution in [-0.4, -0.2) is 17.5 Å². The monoisotopic (exact) mass is 498 g/mol. The standard InChI is InChI=1S/C28H32F6O/c29-27(30,31)25-11-19-10-24(14-25,15-26(12-19,16-25)28(32,33)34)23-8-17-5-18(9-23)7-22(6-17,13-23)20-1-3-21(35)4-2-20/h1-4,17-19,35H,5-16H2. The lowest BCUT2D eigenvalue weighted by molar-refractivity contribution is -0.371. The molecule has 1 N–H and O–H groups in total. The number of alkyl halides is 6. The average Bonchev–Trinajstić information content (AvgIpc) is 2.71. The molecule has 8 bridgehead atoms. The van der Waals surface area contributed by atoms with E-state index in [0.29, 0.717) is 24.7 Å². The maximum absolute atomic E-state index is 14.7. The van der Waals surface area contributed by atoms with Gasteiger partial charge in [0.05, 0.1) is 10.8 Å². The molecule has 9 rings (SSSR count). The average molecular weight is 499 g/mol. The summed E-state index contributed by atoms with van der Waals surface area (Å²) >= 11 is 0. The van der Waals surface area contributed by atoms with E-state index >= 15 is 0 Å². The minimum atomic E-state index is -4.61. The van der Waals surface area contributed by atoms with Crippen LogP contribution in [0, 0.1) is 39.4 Å². The van der Waals surface area contributed by atoms with Crippen LogP contribution >= 0.6 is 0 Å². The van der Waals surface area contributed by atoms with Crippen molar-refractivity contribution >= 4 is 0 Å². The van der Waals surface area contributed by atoms with Crippen LogP contribution in [0.1, 0.15) is 82.6 Å². The lowest BCUT2D eigenvalue weighted by Crippen LogP contribution is -2.70. The summed E-state index contributed by atoms with van der Waals surface area (Å²) in [6.45, 7) is 0. The Kier molecular flexibility index (Phi) is 4.13. The lowest BCUT2D eigenvalue weighted by atomic mass is 9.29. The van der Waals surface area contributed by atoms with Gasteiger partial charge < -0.3 is 5.11 Å². The first kappa shape index (κ1) is 22.8. The summed E-state index contributed by atoms with van der Waals surface area (Å²) < 4.78 is 88.1. The Labute approximate surface area is 201 Å². The Balaban J connectivity index is 1.38. The molecule has 7 heteroatoms. The summed E-state index contributed by atoms with van der Waals surface area (Å²) in [6, 6.07) is 7.21. The van der Waals surface area contributed by atoms with Crippen LogP contribution in [0.4, 0.5) is 26.3 Å². The van der Waals surface area contributed by atoms with Gasteiger partial charge in [0, 0.05) is 0 Å². The summed E-state index contributed by atoms with van der Waals surface area (Å²) in [5.41, 5.74) is -4.83. The van der Waals surface area contributed by atoms with Crippen LogP contribution < -0.4 is 0 Å². The normalized spacial score (nSPS) is 50.2. The molecule has 0 amide bonds. The number of phenols is 1. The van der Waals surface area contributed by atoms with Gasteiger partial charge in [-0.1, -0.05) is 12.1 Å². The highest BCUT2D eigenvalue weighted by Crippen LogP contribution is 2.83. The third-order valence-electron chi connectivity index (χ3n) is 11.9. The molecular formula is C28H32F6O. The number of hydrogen-bond donors (Lipinski definition) is 1. The molecule has 1 nitrogen and oxygen atoms in total. The summed E-state index contributed by atoms with van der Waals surface area (Å²) in [7, 11) is 0. The van der Waals surface area contributed by atoms with Crippen molar-refractivity contribution in [1.82, 2.24) is 0 Å². The molecule has 0 saturated heterocycles. The van der Waals surface area contributed by atoms with Crippen molar-refractivity contribution in [3.05, 3.63) is 29.8 Å². The van der Waals surface area contributed by atoms with Gasteiger partial charge in [0.25, 0.3) is 0 Å². The number of phenolic OH excluding ortho intramolecular Hbond substituents is 1. The first-order valence-corrected chi connectivity index (χ1v) is 13.2. The smallest absolute Gasteiger partial charge is 0.394 e. The molecule has 4 atom stereocenters. The third-order valence-corrected chi connectivity index (χ3v) is 11.9. The molecule has 8 saturated carbocycles. The summed E-state index contributed by atoms with van der Waals surface area (Å²) in [4.78, 5) is 0. The predicted octanol–water partition coefficient (Wildman–Crippen LogP) is 8.31. The molecule has 8 aliphatic carbocycles. The Morgan fingerprint density at radius 3 is 1.63 bits per heavy atom. The fourth-order valence-corrected chi connectivity index (χ4v) is 11.7. The fraction of sp³-hybridized carbons (Fsp3) is 0.786. The summed E-state index contributed by atoms with van der Waals surface area (Å²) in [5, 5.41) is 9.84. The van der Waals surface area contributed by atoms with Crippen molar-refractivity contribution in [3.8, 4) is 5.75 Å². The SMILES string of the molecule is Oc1ccc(C23CC4CC(C2)CC(C25CC6CC(C(F)(F)F)(CC(C(F)(F)F)(C6)C2)C5)(C4)C3)cc1. The maximum Gasteiger partial charge on any atom is 0.394 e. The number of benzene rings is 1. The minimum Gasteiger partial charge on any atom is -0.508 e. The third kappa shape index (κ3) is 2.79. The van der Waals surface area contributed by atoms with E-state index in [9.17, 15) is 31.4 Å². The highest BCUT2D eigenvalue weighted by atomic mass is 19.4. The Hall–Kier alpha value is -1.40. The van der Waals surface area contributed by atoms with Gasteiger partial charge in [0.2, 0.25) is 0 Å². The van der Waals surface area contributed by atoms with Crippen molar-refractivity contribution in [2.45, 2.75) is 94.8 Å². The van der Waals surface area contributed by atoms with Crippen LogP contribution in [0.5, 0.6) is 5.75 Å². The van der Waals surface area contributed by atoms with Crippen molar-refractivity contribution in [3.63, 3.8) is 0 Å². The molecule has 0 aromatic heterocycles. The van der Waals surface area contributed by atoms with Crippen molar-refractivity contribution in [1.29, 1.82) is 0 Å². The summed E-state index contributed by atoms with van der Waals surface area (Å²) in [6.07, 6.45) is -4.65. The highest BCUT2D eigenvalue weighted by Gasteiger charge is 2.80. The van der Waals surface area contributed by atoms with Gasteiger partial charge in [-0.15, -0.1) is 0 Å². The van der Waals surface area contributed by atoms with Crippen LogP contribution in [0.2, 0.25) is 0 Å². The van der Waals surface area contributed by atoms with Gasteiger partial charge in [0.15, 0.2) is 0 Å². The first-order valence-electron chi connectivity index (χ1n) is 13.2. The highest BCUT2D eigenvalue weighted by molar-refractivity contribution is 5.36. The molecule has 192 valence electrons. The van der Waals surface area contributed by atoms with Crippen LogP contribution in [0.15, 0.2) is 24.3 Å². The number of halogens is 6. The van der Waals surface area contributed by atoms with E-state index in [1.165, 1.54) is 0 Å². The maximum atomic E-state index is 14.7. The molecule has 0 aliphatic heterocycles. The van der Waals surface area contributed by atoms with Crippen molar-refractivity contribution in [2.24, 2.45) is 39.4 Å². The Bertz CT molecular complexity index is 1010. The molecular weight excluding hydrogens is 466 g/mol. The zero-order chi connectivity index (χ0) is 24.7. The number of aromatic hydroxyl groups is 1. The van der Waals surface area contributed by atoms with Crippen molar-refractivity contribution < 1.29 is 31.4 Å². The molecule has 4 unspecified atom stereocenters. The number of rotatable bonds is 2. The Morgan fingerprint density at radius 2 is 1.11 bits per heavy atom. The number of hydrogen-bond acceptors (Lipinski definition) is 1. The van der Waals surface area contributed by atoms with Gasteiger partial charge in [0.1, 0.15) is 5.75 Å². The topological polar surface area (TPSA) is 20.2 Å². The summed E-state index contributed by atoms with van der Waals surface area (Å²) in [5.74, 6) is 0.407. The molecule has 35 heavy (non-hydrogen) atoms. The zero-order valence-corrected chi connectivity index (χ0v) is 19.7. The minimum absolute atomic E-state index is 0.108. The van der Waals surface area contributed by atoms with Gasteiger partial charge >= 0.3 is 12.4 Å². The molecule has 0 radical (unpaired) electrons. The fourth-order valence-electron chi connectivity index (χ4n) is 11.7. The van der Waals surface area contributed by atoms with E-state index in [4.69, 9.17) is 0 Å². The Morgan fingerprint density at radius 1 is 0.600 bits per heavy atom. The van der Waals surface area contributed by atoms with E-state index in [-0.39, 0.29) is 36.8 Å². The largest absolute Gasteiger partial charge is 0.508 e. The van der Waals surface area contributed by atoms with E-state index in [1.807, 2.05) is 12.1 Å².